The lowest BCUT2D eigenvalue weighted by Crippen LogP contribution is -2.37. The third-order valence-corrected chi connectivity index (χ3v) is 3.53. The van der Waals surface area contributed by atoms with E-state index in [1.54, 1.807) is 6.07 Å². The molecule has 0 aromatic heterocycles. The van der Waals surface area contributed by atoms with Crippen molar-refractivity contribution < 1.29 is 0 Å². The van der Waals surface area contributed by atoms with Crippen molar-refractivity contribution >= 4 is 35.6 Å². The summed E-state index contributed by atoms with van der Waals surface area (Å²) in [5.74, 6) is 0. The molecule has 0 spiro atoms. The second-order valence-electron chi connectivity index (χ2n) is 4.30. The van der Waals surface area contributed by atoms with Crippen LogP contribution < -0.4 is 5.32 Å². The van der Waals surface area contributed by atoms with Crippen molar-refractivity contribution in [3.63, 3.8) is 0 Å². The summed E-state index contributed by atoms with van der Waals surface area (Å²) >= 11 is 12.0. The molecule has 1 aromatic carbocycles. The lowest BCUT2D eigenvalue weighted by atomic mass is 10.0. The van der Waals surface area contributed by atoms with Crippen molar-refractivity contribution in [1.82, 2.24) is 5.32 Å². The van der Waals surface area contributed by atoms with Crippen molar-refractivity contribution in [3.8, 4) is 0 Å². The molecule has 0 aliphatic rings. The molecule has 0 saturated heterocycles. The molecule has 4 heteroatoms. The molecule has 0 aliphatic heterocycles. The number of hydrogen-bond acceptors (Lipinski definition) is 1. The first-order valence-electron chi connectivity index (χ1n) is 5.14. The van der Waals surface area contributed by atoms with Gasteiger partial charge < -0.3 is 5.32 Å². The van der Waals surface area contributed by atoms with E-state index in [2.05, 4.69) is 26.1 Å². The second kappa shape index (κ2) is 6.70. The average molecular weight is 283 g/mol. The number of nitrogens with one attached hydrogen (secondary N) is 1. The van der Waals surface area contributed by atoms with Crippen LogP contribution in [-0.4, -0.2) is 5.54 Å². The maximum Gasteiger partial charge on any atom is 0.0637 e. The molecule has 1 nitrogen and oxygen atoms in total. The van der Waals surface area contributed by atoms with Crippen LogP contribution in [0.15, 0.2) is 18.2 Å². The maximum absolute atomic E-state index is 6.09. The van der Waals surface area contributed by atoms with Crippen LogP contribution in [0.25, 0.3) is 0 Å². The van der Waals surface area contributed by atoms with Crippen LogP contribution in [0.5, 0.6) is 0 Å². The average Bonchev–Trinajstić information content (AvgIpc) is 2.20. The van der Waals surface area contributed by atoms with E-state index in [1.807, 2.05) is 12.1 Å². The highest BCUT2D eigenvalue weighted by Crippen LogP contribution is 2.25. The Morgan fingerprint density at radius 3 is 2.44 bits per heavy atom. The summed E-state index contributed by atoms with van der Waals surface area (Å²) in [6, 6.07) is 5.72. The van der Waals surface area contributed by atoms with Crippen molar-refractivity contribution in [2.75, 3.05) is 0 Å². The minimum atomic E-state index is 0. The standard InChI is InChI=1S/C12H17Cl2N.ClH/c1-4-12(2,3)15-8-9-6-5-7-10(13)11(9)14;/h5-7,15H,4,8H2,1-3H3;1H. The zero-order chi connectivity index (χ0) is 11.5. The lowest BCUT2D eigenvalue weighted by Gasteiger charge is -2.25. The summed E-state index contributed by atoms with van der Waals surface area (Å²) in [4.78, 5) is 0. The first-order valence-corrected chi connectivity index (χ1v) is 5.90. The van der Waals surface area contributed by atoms with Gasteiger partial charge in [0, 0.05) is 12.1 Å². The third-order valence-electron chi connectivity index (χ3n) is 2.67. The molecule has 0 bridgehead atoms. The van der Waals surface area contributed by atoms with E-state index in [0.717, 1.165) is 18.5 Å². The Morgan fingerprint density at radius 2 is 1.88 bits per heavy atom. The summed E-state index contributed by atoms with van der Waals surface area (Å²) in [5.41, 5.74) is 1.18. The number of halogens is 3. The van der Waals surface area contributed by atoms with Crippen molar-refractivity contribution in [2.24, 2.45) is 0 Å². The van der Waals surface area contributed by atoms with Crippen LogP contribution in [-0.2, 0) is 6.54 Å². The largest absolute Gasteiger partial charge is 0.308 e. The minimum absolute atomic E-state index is 0. The highest BCUT2D eigenvalue weighted by Gasteiger charge is 2.14. The van der Waals surface area contributed by atoms with Gasteiger partial charge in [-0.1, -0.05) is 42.3 Å². The molecular weight excluding hydrogens is 264 g/mol. The van der Waals surface area contributed by atoms with E-state index in [-0.39, 0.29) is 17.9 Å². The highest BCUT2D eigenvalue weighted by molar-refractivity contribution is 6.42. The van der Waals surface area contributed by atoms with Gasteiger partial charge in [0.15, 0.2) is 0 Å². The normalized spacial score (nSPS) is 11.1. The number of hydrogen-bond donors (Lipinski definition) is 1. The van der Waals surface area contributed by atoms with Crippen molar-refractivity contribution in [3.05, 3.63) is 33.8 Å². The zero-order valence-electron chi connectivity index (χ0n) is 9.81. The molecule has 0 amide bonds. The fourth-order valence-electron chi connectivity index (χ4n) is 1.14. The summed E-state index contributed by atoms with van der Waals surface area (Å²) < 4.78 is 0. The third kappa shape index (κ3) is 4.50. The van der Waals surface area contributed by atoms with Crippen LogP contribution >= 0.6 is 35.6 Å². The van der Waals surface area contributed by atoms with Gasteiger partial charge in [-0.2, -0.15) is 0 Å². The summed E-state index contributed by atoms with van der Waals surface area (Å²) in [6.45, 7) is 7.25. The lowest BCUT2D eigenvalue weighted by molar-refractivity contribution is 0.374. The van der Waals surface area contributed by atoms with Gasteiger partial charge in [0.2, 0.25) is 0 Å². The Hall–Kier alpha value is 0.0500. The zero-order valence-corrected chi connectivity index (χ0v) is 12.1. The van der Waals surface area contributed by atoms with Gasteiger partial charge in [-0.3, -0.25) is 0 Å². The molecule has 0 radical (unpaired) electrons. The highest BCUT2D eigenvalue weighted by atomic mass is 35.5. The molecule has 0 atom stereocenters. The summed E-state index contributed by atoms with van der Waals surface area (Å²) in [7, 11) is 0. The molecule has 1 aromatic rings. The van der Waals surface area contributed by atoms with Crippen LogP contribution in [0.1, 0.15) is 32.8 Å². The fraction of sp³-hybridized carbons (Fsp3) is 0.500. The number of benzene rings is 1. The monoisotopic (exact) mass is 281 g/mol. The molecule has 1 N–H and O–H groups in total. The summed E-state index contributed by atoms with van der Waals surface area (Å²) in [5, 5.41) is 4.72. The molecule has 0 fully saturated rings. The van der Waals surface area contributed by atoms with Gasteiger partial charge in [-0.15, -0.1) is 12.4 Å². The molecule has 0 unspecified atom stereocenters. The van der Waals surface area contributed by atoms with Gasteiger partial charge in [-0.25, -0.2) is 0 Å². The molecule has 16 heavy (non-hydrogen) atoms. The van der Waals surface area contributed by atoms with Gasteiger partial charge >= 0.3 is 0 Å². The predicted molar refractivity (Wildman–Crippen MR) is 74.9 cm³/mol. The van der Waals surface area contributed by atoms with E-state index in [0.29, 0.717) is 10.0 Å². The van der Waals surface area contributed by atoms with E-state index in [1.165, 1.54) is 0 Å². The Morgan fingerprint density at radius 1 is 1.25 bits per heavy atom. The smallest absolute Gasteiger partial charge is 0.0637 e. The molecule has 0 aliphatic carbocycles. The fourth-order valence-corrected chi connectivity index (χ4v) is 1.53. The topological polar surface area (TPSA) is 12.0 Å². The van der Waals surface area contributed by atoms with Crippen LogP contribution in [0.3, 0.4) is 0 Å². The van der Waals surface area contributed by atoms with Gasteiger partial charge in [-0.05, 0) is 31.9 Å². The van der Waals surface area contributed by atoms with Gasteiger partial charge in [0.1, 0.15) is 0 Å². The van der Waals surface area contributed by atoms with E-state index in [4.69, 9.17) is 23.2 Å². The Kier molecular flexibility index (Phi) is 6.73. The summed E-state index contributed by atoms with van der Waals surface area (Å²) in [6.07, 6.45) is 1.07. The van der Waals surface area contributed by atoms with Crippen molar-refractivity contribution in [1.29, 1.82) is 0 Å². The van der Waals surface area contributed by atoms with Crippen molar-refractivity contribution in [2.45, 2.75) is 39.3 Å². The van der Waals surface area contributed by atoms with E-state index < -0.39 is 0 Å². The molecule has 0 saturated carbocycles. The van der Waals surface area contributed by atoms with E-state index in [9.17, 15) is 0 Å². The van der Waals surface area contributed by atoms with Crippen LogP contribution in [0.2, 0.25) is 10.0 Å². The number of rotatable bonds is 4. The van der Waals surface area contributed by atoms with Gasteiger partial charge in [0.05, 0.1) is 10.0 Å². The molecule has 0 heterocycles. The Balaban J connectivity index is 0.00000225. The Labute approximate surface area is 114 Å². The quantitative estimate of drug-likeness (QED) is 0.844. The Bertz CT molecular complexity index is 337. The first kappa shape index (κ1) is 16.1. The van der Waals surface area contributed by atoms with Gasteiger partial charge in [0.25, 0.3) is 0 Å². The predicted octanol–water partition coefficient (Wildman–Crippen LogP) is 4.69. The molecule has 1 rings (SSSR count). The maximum atomic E-state index is 6.09. The second-order valence-corrected chi connectivity index (χ2v) is 5.09. The SMILES string of the molecule is CCC(C)(C)NCc1cccc(Cl)c1Cl.Cl. The van der Waals surface area contributed by atoms with Crippen LogP contribution in [0.4, 0.5) is 0 Å². The van der Waals surface area contributed by atoms with E-state index >= 15 is 0 Å². The van der Waals surface area contributed by atoms with Crippen LogP contribution in [0, 0.1) is 0 Å². The molecular formula is C12H18Cl3N. The molecule has 92 valence electrons. The minimum Gasteiger partial charge on any atom is -0.308 e. The first-order chi connectivity index (χ1) is 6.96.